The van der Waals surface area contributed by atoms with E-state index in [1.165, 1.54) is 19.3 Å². The smallest absolute Gasteiger partial charge is 0.228 e. The lowest BCUT2D eigenvalue weighted by Crippen LogP contribution is -2.34. The normalized spacial score (nSPS) is 23.5. The Hall–Kier alpha value is -1.65. The maximum Gasteiger partial charge on any atom is 0.228 e. The lowest BCUT2D eigenvalue weighted by molar-refractivity contribution is -0.119. The monoisotopic (exact) mass is 246 g/mol. The molecule has 0 radical (unpaired) electrons. The fourth-order valence-electron chi connectivity index (χ4n) is 2.72. The number of aromatic nitrogens is 2. The molecule has 1 saturated heterocycles. The molecular weight excluding hydrogens is 228 g/mol. The highest BCUT2D eigenvalue weighted by molar-refractivity contribution is 5.95. The van der Waals surface area contributed by atoms with Gasteiger partial charge in [0.25, 0.3) is 0 Å². The van der Waals surface area contributed by atoms with Gasteiger partial charge in [0, 0.05) is 24.6 Å². The Bertz CT molecular complexity index is 468. The van der Waals surface area contributed by atoms with E-state index in [1.807, 2.05) is 6.92 Å². The van der Waals surface area contributed by atoms with Crippen molar-refractivity contribution in [2.45, 2.75) is 32.6 Å². The highest BCUT2D eigenvalue weighted by Crippen LogP contribution is 2.31. The van der Waals surface area contributed by atoms with Crippen LogP contribution in [0.5, 0.6) is 0 Å². The van der Waals surface area contributed by atoms with Crippen molar-refractivity contribution in [1.82, 2.24) is 9.97 Å². The average molecular weight is 246 g/mol. The van der Waals surface area contributed by atoms with E-state index >= 15 is 0 Å². The summed E-state index contributed by atoms with van der Waals surface area (Å²) in [4.78, 5) is 22.6. The van der Waals surface area contributed by atoms with Crippen LogP contribution in [0.4, 0.5) is 11.6 Å². The van der Waals surface area contributed by atoms with Gasteiger partial charge in [-0.2, -0.15) is 0 Å². The zero-order valence-corrected chi connectivity index (χ0v) is 10.6. The lowest BCUT2D eigenvalue weighted by atomic mass is 9.96. The maximum absolute atomic E-state index is 11.7. The van der Waals surface area contributed by atoms with Crippen LogP contribution >= 0.6 is 0 Å². The van der Waals surface area contributed by atoms with E-state index in [-0.39, 0.29) is 11.8 Å². The Morgan fingerprint density at radius 1 is 1.28 bits per heavy atom. The average Bonchev–Trinajstić information content (AvgIpc) is 2.40. The van der Waals surface area contributed by atoms with E-state index in [1.54, 1.807) is 6.33 Å². The van der Waals surface area contributed by atoms with Gasteiger partial charge in [0.15, 0.2) is 0 Å². The number of nitrogens with zero attached hydrogens (tertiary/aromatic N) is 3. The van der Waals surface area contributed by atoms with E-state index in [2.05, 4.69) is 20.2 Å². The van der Waals surface area contributed by atoms with Crippen LogP contribution in [0.1, 0.15) is 31.7 Å². The van der Waals surface area contributed by atoms with Crippen molar-refractivity contribution in [2.24, 2.45) is 5.92 Å². The van der Waals surface area contributed by atoms with Crippen molar-refractivity contribution in [3.63, 3.8) is 0 Å². The summed E-state index contributed by atoms with van der Waals surface area (Å²) in [7, 11) is 0. The topological polar surface area (TPSA) is 58.1 Å². The number of carbonyl (C=O) groups is 1. The van der Waals surface area contributed by atoms with Crippen LogP contribution in [-0.2, 0) is 11.2 Å². The summed E-state index contributed by atoms with van der Waals surface area (Å²) in [6.07, 6.45) is 6.05. The van der Waals surface area contributed by atoms with Crippen LogP contribution in [0.25, 0.3) is 0 Å². The maximum atomic E-state index is 11.7. The first-order chi connectivity index (χ1) is 8.75. The molecule has 0 spiro atoms. The Balaban J connectivity index is 1.96. The van der Waals surface area contributed by atoms with Gasteiger partial charge in [-0.1, -0.05) is 6.92 Å². The molecular formula is C13H18N4O. The fourth-order valence-corrected chi connectivity index (χ4v) is 2.72. The van der Waals surface area contributed by atoms with Gasteiger partial charge in [-0.3, -0.25) is 4.79 Å². The lowest BCUT2D eigenvalue weighted by Gasteiger charge is -2.31. The number of anilines is 2. The van der Waals surface area contributed by atoms with Crippen molar-refractivity contribution in [3.8, 4) is 0 Å². The molecule has 1 N–H and O–H groups in total. The molecule has 5 nitrogen and oxygen atoms in total. The third-order valence-electron chi connectivity index (χ3n) is 3.78. The number of piperidine rings is 1. The van der Waals surface area contributed by atoms with Gasteiger partial charge in [0.05, 0.1) is 0 Å². The molecule has 18 heavy (non-hydrogen) atoms. The number of amides is 1. The molecule has 5 heteroatoms. The van der Waals surface area contributed by atoms with Gasteiger partial charge >= 0.3 is 0 Å². The first-order valence-corrected chi connectivity index (χ1v) is 6.65. The fraction of sp³-hybridized carbons (Fsp3) is 0.615. The molecule has 3 heterocycles. The second-order valence-electron chi connectivity index (χ2n) is 5.17. The van der Waals surface area contributed by atoms with Crippen molar-refractivity contribution in [3.05, 3.63) is 11.9 Å². The molecule has 0 bridgehead atoms. The first-order valence-electron chi connectivity index (χ1n) is 6.65. The van der Waals surface area contributed by atoms with Gasteiger partial charge in [-0.15, -0.1) is 0 Å². The molecule has 2 aliphatic rings. The quantitative estimate of drug-likeness (QED) is 0.817. The molecule has 0 saturated carbocycles. The number of carbonyl (C=O) groups excluding carboxylic acids is 1. The molecule has 0 aliphatic carbocycles. The SMILES string of the molecule is CC1Cc2c(ncnc2N2CCCCC2)NC1=O. The molecule has 1 fully saturated rings. The molecule has 0 aromatic carbocycles. The standard InChI is InChI=1S/C13H18N4O/c1-9-7-10-11(16-13(9)18)14-8-15-12(10)17-5-3-2-4-6-17/h8-9H,2-7H2,1H3,(H,14,15,16,18). The predicted molar refractivity (Wildman–Crippen MR) is 69.6 cm³/mol. The largest absolute Gasteiger partial charge is 0.356 e. The minimum atomic E-state index is 0.00652. The third-order valence-corrected chi connectivity index (χ3v) is 3.78. The zero-order valence-electron chi connectivity index (χ0n) is 10.6. The Kier molecular flexibility index (Phi) is 2.89. The Morgan fingerprint density at radius 3 is 2.83 bits per heavy atom. The summed E-state index contributed by atoms with van der Waals surface area (Å²) in [5, 5.41) is 2.87. The Morgan fingerprint density at radius 2 is 2.06 bits per heavy atom. The molecule has 1 atom stereocenters. The summed E-state index contributed by atoms with van der Waals surface area (Å²) >= 11 is 0. The summed E-state index contributed by atoms with van der Waals surface area (Å²) in [6.45, 7) is 4.07. The van der Waals surface area contributed by atoms with Crippen LogP contribution in [0.3, 0.4) is 0 Å². The van der Waals surface area contributed by atoms with E-state index in [4.69, 9.17) is 0 Å². The first kappa shape index (κ1) is 11.4. The second kappa shape index (κ2) is 4.55. The van der Waals surface area contributed by atoms with Crippen LogP contribution < -0.4 is 10.2 Å². The molecule has 1 amide bonds. The Labute approximate surface area is 107 Å². The van der Waals surface area contributed by atoms with Gasteiger partial charge in [0.1, 0.15) is 18.0 Å². The minimum absolute atomic E-state index is 0.00652. The number of hydrogen-bond donors (Lipinski definition) is 1. The summed E-state index contributed by atoms with van der Waals surface area (Å²) < 4.78 is 0. The van der Waals surface area contributed by atoms with Crippen LogP contribution in [0, 0.1) is 5.92 Å². The zero-order chi connectivity index (χ0) is 12.5. The third kappa shape index (κ3) is 1.94. The van der Waals surface area contributed by atoms with E-state index < -0.39 is 0 Å². The van der Waals surface area contributed by atoms with Crippen molar-refractivity contribution in [2.75, 3.05) is 23.3 Å². The molecule has 1 aromatic rings. The number of nitrogens with one attached hydrogen (secondary N) is 1. The van der Waals surface area contributed by atoms with Crippen LogP contribution in [0.15, 0.2) is 6.33 Å². The highest BCUT2D eigenvalue weighted by atomic mass is 16.2. The number of hydrogen-bond acceptors (Lipinski definition) is 4. The van der Waals surface area contributed by atoms with Gasteiger partial charge in [0.2, 0.25) is 5.91 Å². The van der Waals surface area contributed by atoms with E-state index in [9.17, 15) is 4.79 Å². The van der Waals surface area contributed by atoms with Crippen molar-refractivity contribution >= 4 is 17.5 Å². The van der Waals surface area contributed by atoms with Gasteiger partial charge in [-0.05, 0) is 25.7 Å². The second-order valence-corrected chi connectivity index (χ2v) is 5.17. The molecule has 1 unspecified atom stereocenters. The molecule has 96 valence electrons. The van der Waals surface area contributed by atoms with Gasteiger partial charge in [-0.25, -0.2) is 9.97 Å². The summed E-state index contributed by atoms with van der Waals surface area (Å²) in [6, 6.07) is 0. The van der Waals surface area contributed by atoms with E-state index in [0.717, 1.165) is 30.9 Å². The summed E-state index contributed by atoms with van der Waals surface area (Å²) in [5.74, 6) is 1.79. The molecule has 3 rings (SSSR count). The molecule has 1 aromatic heterocycles. The minimum Gasteiger partial charge on any atom is -0.356 e. The highest BCUT2D eigenvalue weighted by Gasteiger charge is 2.28. The van der Waals surface area contributed by atoms with Crippen molar-refractivity contribution < 1.29 is 4.79 Å². The van der Waals surface area contributed by atoms with Crippen molar-refractivity contribution in [1.29, 1.82) is 0 Å². The predicted octanol–water partition coefficient (Wildman–Crippen LogP) is 1.60. The number of rotatable bonds is 1. The van der Waals surface area contributed by atoms with Crippen LogP contribution in [-0.4, -0.2) is 29.0 Å². The molecule has 2 aliphatic heterocycles. The van der Waals surface area contributed by atoms with Crippen LogP contribution in [0.2, 0.25) is 0 Å². The van der Waals surface area contributed by atoms with Gasteiger partial charge < -0.3 is 10.2 Å². The number of fused-ring (bicyclic) bond motifs is 1. The van der Waals surface area contributed by atoms with E-state index in [0.29, 0.717) is 5.82 Å². The summed E-state index contributed by atoms with van der Waals surface area (Å²) in [5.41, 5.74) is 1.10.